The largest absolute Gasteiger partial charge is 0.469 e. The monoisotopic (exact) mass is 309 g/mol. The molecule has 0 saturated heterocycles. The lowest BCUT2D eigenvalue weighted by Crippen LogP contribution is -2.34. The fourth-order valence-corrected chi connectivity index (χ4v) is 3.12. The van der Waals surface area contributed by atoms with Crippen LogP contribution in [0.25, 0.3) is 0 Å². The molecule has 6 nitrogen and oxygen atoms in total. The number of nitrogens with one attached hydrogen (secondary N) is 2. The van der Waals surface area contributed by atoms with Crippen LogP contribution in [0, 0.1) is 0 Å². The minimum atomic E-state index is -3.58. The van der Waals surface area contributed by atoms with Crippen LogP contribution in [0.15, 0.2) is 46.0 Å². The van der Waals surface area contributed by atoms with E-state index >= 15 is 0 Å². The average molecular weight is 309 g/mol. The van der Waals surface area contributed by atoms with Crippen molar-refractivity contribution in [3.05, 3.63) is 42.5 Å². The van der Waals surface area contributed by atoms with Gasteiger partial charge < -0.3 is 9.73 Å². The first-order valence-corrected chi connectivity index (χ1v) is 8.24. The van der Waals surface area contributed by atoms with Crippen molar-refractivity contribution >= 4 is 15.8 Å². The molecule has 7 heteroatoms. The first-order valence-electron chi connectivity index (χ1n) is 6.76. The molecular formula is C14H19N3O3S. The molecule has 0 spiro atoms. The molecule has 2 N–H and O–H groups in total. The van der Waals surface area contributed by atoms with E-state index in [0.717, 1.165) is 12.3 Å². The van der Waals surface area contributed by atoms with Crippen LogP contribution in [-0.4, -0.2) is 26.0 Å². The number of rotatable bonds is 7. The number of sulfonamides is 1. The fourth-order valence-electron chi connectivity index (χ4n) is 1.93. The maximum absolute atomic E-state index is 12.2. The number of hydrogen-bond donors (Lipinski definition) is 2. The summed E-state index contributed by atoms with van der Waals surface area (Å²) in [6, 6.07) is 6.51. The third-order valence-corrected chi connectivity index (χ3v) is 4.42. The van der Waals surface area contributed by atoms with E-state index in [4.69, 9.17) is 4.42 Å². The SMILES string of the molecule is CCNc1ccc(S(=O)(=O)NC(C)Cc2ccco2)cn1. The van der Waals surface area contributed by atoms with Crippen molar-refractivity contribution < 1.29 is 12.8 Å². The van der Waals surface area contributed by atoms with Crippen molar-refractivity contribution in [1.29, 1.82) is 0 Å². The normalized spacial score (nSPS) is 13.0. The zero-order valence-corrected chi connectivity index (χ0v) is 12.9. The van der Waals surface area contributed by atoms with Gasteiger partial charge in [0, 0.05) is 25.2 Å². The minimum absolute atomic E-state index is 0.149. The Labute approximate surface area is 124 Å². The van der Waals surface area contributed by atoms with Crippen molar-refractivity contribution in [2.24, 2.45) is 0 Å². The second-order valence-corrected chi connectivity index (χ2v) is 6.43. The molecule has 0 bridgehead atoms. The Morgan fingerprint density at radius 1 is 1.33 bits per heavy atom. The molecule has 0 aliphatic rings. The van der Waals surface area contributed by atoms with E-state index in [9.17, 15) is 8.42 Å². The third kappa shape index (κ3) is 4.30. The second kappa shape index (κ2) is 6.73. The van der Waals surface area contributed by atoms with E-state index < -0.39 is 10.0 Å². The van der Waals surface area contributed by atoms with Crippen LogP contribution >= 0.6 is 0 Å². The maximum atomic E-state index is 12.2. The van der Waals surface area contributed by atoms with Crippen LogP contribution < -0.4 is 10.0 Å². The summed E-state index contributed by atoms with van der Waals surface area (Å²) in [7, 11) is -3.58. The number of pyridine rings is 1. The summed E-state index contributed by atoms with van der Waals surface area (Å²) in [4.78, 5) is 4.22. The molecule has 2 aromatic rings. The zero-order chi connectivity index (χ0) is 15.3. The van der Waals surface area contributed by atoms with Gasteiger partial charge in [0.05, 0.1) is 6.26 Å². The van der Waals surface area contributed by atoms with Gasteiger partial charge in [0.25, 0.3) is 0 Å². The van der Waals surface area contributed by atoms with Gasteiger partial charge in [0.2, 0.25) is 10.0 Å². The highest BCUT2D eigenvalue weighted by Gasteiger charge is 2.18. The van der Waals surface area contributed by atoms with E-state index in [1.165, 1.54) is 12.3 Å². The molecular weight excluding hydrogens is 290 g/mol. The Kier molecular flexibility index (Phi) is 4.98. The van der Waals surface area contributed by atoms with Crippen molar-refractivity contribution in [1.82, 2.24) is 9.71 Å². The van der Waals surface area contributed by atoms with Gasteiger partial charge in [-0.3, -0.25) is 0 Å². The highest BCUT2D eigenvalue weighted by atomic mass is 32.2. The number of furan rings is 1. The summed E-state index contributed by atoms with van der Waals surface area (Å²) in [6.45, 7) is 4.47. The standard InChI is InChI=1S/C14H19N3O3S/c1-3-15-14-7-6-13(10-16-14)21(18,19)17-11(2)9-12-5-4-8-20-12/h4-8,10-11,17H,3,9H2,1-2H3,(H,15,16). The molecule has 2 aromatic heterocycles. The van der Waals surface area contributed by atoms with Crippen LogP contribution in [0.5, 0.6) is 0 Å². The molecule has 0 amide bonds. The molecule has 2 heterocycles. The predicted octanol–water partition coefficient (Wildman–Crippen LogP) is 2.02. The summed E-state index contributed by atoms with van der Waals surface area (Å²) in [5.41, 5.74) is 0. The number of anilines is 1. The average Bonchev–Trinajstić information content (AvgIpc) is 2.92. The molecule has 21 heavy (non-hydrogen) atoms. The molecule has 1 atom stereocenters. The Morgan fingerprint density at radius 2 is 2.14 bits per heavy atom. The molecule has 0 aliphatic heterocycles. The van der Waals surface area contributed by atoms with Gasteiger partial charge in [0.15, 0.2) is 0 Å². The molecule has 1 unspecified atom stereocenters. The Hall–Kier alpha value is -1.86. The van der Waals surface area contributed by atoms with Crippen molar-refractivity contribution in [3.63, 3.8) is 0 Å². The van der Waals surface area contributed by atoms with Crippen molar-refractivity contribution in [3.8, 4) is 0 Å². The van der Waals surface area contributed by atoms with Crippen molar-refractivity contribution in [2.45, 2.75) is 31.2 Å². The van der Waals surface area contributed by atoms with Gasteiger partial charge in [-0.05, 0) is 38.1 Å². The van der Waals surface area contributed by atoms with Gasteiger partial charge in [-0.15, -0.1) is 0 Å². The molecule has 0 radical (unpaired) electrons. The van der Waals surface area contributed by atoms with Gasteiger partial charge in [-0.25, -0.2) is 18.1 Å². The number of hydrogen-bond acceptors (Lipinski definition) is 5. The van der Waals surface area contributed by atoms with Crippen LogP contribution in [0.4, 0.5) is 5.82 Å². The lowest BCUT2D eigenvalue weighted by molar-refractivity contribution is 0.479. The van der Waals surface area contributed by atoms with Crippen molar-refractivity contribution in [2.75, 3.05) is 11.9 Å². The summed E-state index contributed by atoms with van der Waals surface area (Å²) in [5, 5.41) is 3.02. The topological polar surface area (TPSA) is 84.2 Å². The third-order valence-electron chi connectivity index (χ3n) is 2.85. The summed E-state index contributed by atoms with van der Waals surface area (Å²) in [6.07, 6.45) is 3.41. The fraction of sp³-hybridized carbons (Fsp3) is 0.357. The second-order valence-electron chi connectivity index (χ2n) is 4.72. The van der Waals surface area contributed by atoms with Crippen LogP contribution in [0.1, 0.15) is 19.6 Å². The molecule has 0 aliphatic carbocycles. The Morgan fingerprint density at radius 3 is 2.71 bits per heavy atom. The first-order chi connectivity index (χ1) is 10.0. The summed E-state index contributed by atoms with van der Waals surface area (Å²) >= 11 is 0. The smallest absolute Gasteiger partial charge is 0.242 e. The van der Waals surface area contributed by atoms with Gasteiger partial charge in [-0.2, -0.15) is 0 Å². The molecule has 2 rings (SSSR count). The molecule has 114 valence electrons. The van der Waals surface area contributed by atoms with Gasteiger partial charge in [-0.1, -0.05) is 0 Å². The summed E-state index contributed by atoms with van der Waals surface area (Å²) in [5.74, 6) is 1.39. The molecule has 0 aromatic carbocycles. The Balaban J connectivity index is 2.03. The van der Waals surface area contributed by atoms with E-state index in [0.29, 0.717) is 12.2 Å². The van der Waals surface area contributed by atoms with Crippen LogP contribution in [0.3, 0.4) is 0 Å². The lowest BCUT2D eigenvalue weighted by Gasteiger charge is -2.13. The zero-order valence-electron chi connectivity index (χ0n) is 12.0. The molecule has 0 fully saturated rings. The lowest BCUT2D eigenvalue weighted by atomic mass is 10.2. The van der Waals surface area contributed by atoms with Crippen LogP contribution in [0.2, 0.25) is 0 Å². The number of nitrogens with zero attached hydrogens (tertiary/aromatic N) is 1. The number of aromatic nitrogens is 1. The van der Waals surface area contributed by atoms with Crippen LogP contribution in [-0.2, 0) is 16.4 Å². The highest BCUT2D eigenvalue weighted by Crippen LogP contribution is 2.12. The summed E-state index contributed by atoms with van der Waals surface area (Å²) < 4.78 is 32.3. The van der Waals surface area contributed by atoms with Gasteiger partial charge >= 0.3 is 0 Å². The molecule has 0 saturated carbocycles. The van der Waals surface area contributed by atoms with E-state index in [1.807, 2.05) is 13.0 Å². The van der Waals surface area contributed by atoms with E-state index in [2.05, 4.69) is 15.0 Å². The first kappa shape index (κ1) is 15.5. The minimum Gasteiger partial charge on any atom is -0.469 e. The predicted molar refractivity (Wildman–Crippen MR) is 80.6 cm³/mol. The quantitative estimate of drug-likeness (QED) is 0.817. The van der Waals surface area contributed by atoms with Gasteiger partial charge in [0.1, 0.15) is 16.5 Å². The Bertz CT molecular complexity index is 651. The van der Waals surface area contributed by atoms with E-state index in [-0.39, 0.29) is 10.9 Å². The van der Waals surface area contributed by atoms with E-state index in [1.54, 1.807) is 25.3 Å². The maximum Gasteiger partial charge on any atom is 0.242 e. The highest BCUT2D eigenvalue weighted by molar-refractivity contribution is 7.89.